The van der Waals surface area contributed by atoms with Crippen molar-refractivity contribution in [1.29, 1.82) is 0 Å². The van der Waals surface area contributed by atoms with Crippen LogP contribution in [0.4, 0.5) is 0 Å². The number of hydrogen-bond donors (Lipinski definition) is 1. The average molecular weight is 623 g/mol. The lowest BCUT2D eigenvalue weighted by molar-refractivity contribution is -0.139. The molecule has 0 amide bonds. The van der Waals surface area contributed by atoms with Crippen LogP contribution in [-0.2, 0) is 9.53 Å². The van der Waals surface area contributed by atoms with Crippen LogP contribution < -0.4 is 24.4 Å². The van der Waals surface area contributed by atoms with Crippen molar-refractivity contribution >= 4 is 41.0 Å². The first kappa shape index (κ1) is 29.9. The number of methoxy groups -OCH3 is 1. The van der Waals surface area contributed by atoms with Gasteiger partial charge in [0.2, 0.25) is 0 Å². The van der Waals surface area contributed by atoms with Crippen LogP contribution in [0.25, 0.3) is 17.4 Å². The van der Waals surface area contributed by atoms with Gasteiger partial charge < -0.3 is 23.7 Å². The minimum Gasteiger partial charge on any atom is -0.493 e. The fraction of sp³-hybridized carbons (Fsp3) is 0.226. The Labute approximate surface area is 254 Å². The van der Waals surface area contributed by atoms with Crippen LogP contribution in [0.1, 0.15) is 48.5 Å². The van der Waals surface area contributed by atoms with Crippen molar-refractivity contribution in [2.45, 2.75) is 26.8 Å². The van der Waals surface area contributed by atoms with Crippen molar-refractivity contribution in [1.82, 2.24) is 4.57 Å². The largest absolute Gasteiger partial charge is 0.493 e. The summed E-state index contributed by atoms with van der Waals surface area (Å²) in [7, 11) is 1.54. The van der Waals surface area contributed by atoms with Gasteiger partial charge in [0.25, 0.3) is 5.56 Å². The van der Waals surface area contributed by atoms with Crippen LogP contribution >= 0.6 is 22.9 Å². The lowest BCUT2D eigenvalue weighted by Gasteiger charge is -2.25. The number of allylic oxidation sites excluding steroid dienone is 1. The maximum absolute atomic E-state index is 13.9. The number of rotatable bonds is 9. The Kier molecular flexibility index (Phi) is 8.56. The van der Waals surface area contributed by atoms with E-state index in [0.29, 0.717) is 55.8 Å². The standard InChI is InChI=1S/C31H27ClN2O8S/c1-5-40-24-14-18(8-11-23(24)39-4)27-26(30(38)41-6-2)16(3)33-31-34(27)28(35)25(43-31)15-19-9-12-22(42-19)17-7-10-20(29(36)37)21(32)13-17/h7-15,27H,5-6H2,1-4H3,(H,36,37)/b25-15-/t27-/m0/s1. The highest BCUT2D eigenvalue weighted by atomic mass is 35.5. The molecule has 10 nitrogen and oxygen atoms in total. The Morgan fingerprint density at radius 1 is 1.12 bits per heavy atom. The van der Waals surface area contributed by atoms with E-state index in [1.165, 1.54) is 23.8 Å². The molecule has 0 unspecified atom stereocenters. The van der Waals surface area contributed by atoms with Crippen molar-refractivity contribution in [2.75, 3.05) is 20.3 Å². The predicted molar refractivity (Wildman–Crippen MR) is 161 cm³/mol. The molecule has 0 radical (unpaired) electrons. The van der Waals surface area contributed by atoms with Gasteiger partial charge in [-0.1, -0.05) is 35.1 Å². The molecule has 0 bridgehead atoms. The quantitative estimate of drug-likeness (QED) is 0.263. The van der Waals surface area contributed by atoms with Crippen LogP contribution in [0.5, 0.6) is 11.5 Å². The Morgan fingerprint density at radius 2 is 1.91 bits per heavy atom. The number of carbonyl (C=O) groups excluding carboxylic acids is 1. The number of hydrogen-bond acceptors (Lipinski definition) is 9. The van der Waals surface area contributed by atoms with Crippen molar-refractivity contribution in [3.05, 3.63) is 101 Å². The fourth-order valence-electron chi connectivity index (χ4n) is 4.80. The Bertz CT molecular complexity index is 1950. The van der Waals surface area contributed by atoms with Crippen molar-refractivity contribution in [2.24, 2.45) is 4.99 Å². The number of fused-ring (bicyclic) bond motifs is 1. The molecule has 0 fully saturated rings. The molecule has 1 atom stereocenters. The van der Waals surface area contributed by atoms with Crippen LogP contribution in [0, 0.1) is 0 Å². The SMILES string of the molecule is CCOC(=O)C1=C(C)N=c2s/c(=C\c3ccc(-c4ccc(C(=O)O)c(Cl)c4)o3)c(=O)n2[C@H]1c1ccc(OC)c(OCC)c1. The number of aromatic nitrogens is 1. The number of nitrogens with zero attached hydrogens (tertiary/aromatic N) is 2. The number of benzene rings is 2. The van der Waals surface area contributed by atoms with Gasteiger partial charge in [0.05, 0.1) is 52.8 Å². The minimum absolute atomic E-state index is 0.0180. The highest BCUT2D eigenvalue weighted by Gasteiger charge is 2.34. The van der Waals surface area contributed by atoms with Gasteiger partial charge in [-0.3, -0.25) is 9.36 Å². The molecule has 0 spiro atoms. The maximum Gasteiger partial charge on any atom is 0.338 e. The summed E-state index contributed by atoms with van der Waals surface area (Å²) >= 11 is 7.29. The molecule has 2 aromatic heterocycles. The fourth-order valence-corrected chi connectivity index (χ4v) is 6.08. The first-order valence-corrected chi connectivity index (χ1v) is 14.5. The van der Waals surface area contributed by atoms with E-state index in [2.05, 4.69) is 4.99 Å². The van der Waals surface area contributed by atoms with Gasteiger partial charge in [0.15, 0.2) is 16.3 Å². The lowest BCUT2D eigenvalue weighted by Crippen LogP contribution is -2.39. The monoisotopic (exact) mass is 622 g/mol. The van der Waals surface area contributed by atoms with E-state index in [1.807, 2.05) is 6.92 Å². The second-order valence-corrected chi connectivity index (χ2v) is 10.8. The molecule has 1 N–H and O–H groups in total. The van der Waals surface area contributed by atoms with E-state index in [1.54, 1.807) is 56.3 Å². The van der Waals surface area contributed by atoms with E-state index >= 15 is 0 Å². The molecule has 0 saturated carbocycles. The zero-order valence-corrected chi connectivity index (χ0v) is 25.2. The highest BCUT2D eigenvalue weighted by molar-refractivity contribution is 7.07. The number of furan rings is 1. The second-order valence-electron chi connectivity index (χ2n) is 9.35. The number of carbonyl (C=O) groups is 2. The Balaban J connectivity index is 1.62. The minimum atomic E-state index is -1.13. The normalized spacial score (nSPS) is 14.7. The first-order valence-electron chi connectivity index (χ1n) is 13.3. The number of halogens is 1. The molecular formula is C31H27ClN2O8S. The molecular weight excluding hydrogens is 596 g/mol. The number of esters is 1. The molecule has 1 aliphatic rings. The van der Waals surface area contributed by atoms with E-state index in [0.717, 1.165) is 11.3 Å². The molecule has 2 aromatic carbocycles. The summed E-state index contributed by atoms with van der Waals surface area (Å²) < 4.78 is 24.3. The zero-order valence-electron chi connectivity index (χ0n) is 23.7. The van der Waals surface area contributed by atoms with Gasteiger partial charge in [-0.25, -0.2) is 14.6 Å². The topological polar surface area (TPSA) is 130 Å². The van der Waals surface area contributed by atoms with Crippen LogP contribution in [0.3, 0.4) is 0 Å². The molecule has 43 heavy (non-hydrogen) atoms. The third-order valence-electron chi connectivity index (χ3n) is 6.70. The van der Waals surface area contributed by atoms with Crippen molar-refractivity contribution in [3.63, 3.8) is 0 Å². The number of carboxylic acids is 1. The summed E-state index contributed by atoms with van der Waals surface area (Å²) in [5, 5.41) is 9.32. The Morgan fingerprint density at radius 3 is 2.58 bits per heavy atom. The molecule has 3 heterocycles. The van der Waals surface area contributed by atoms with Gasteiger partial charge in [0.1, 0.15) is 11.5 Å². The molecule has 0 saturated heterocycles. The highest BCUT2D eigenvalue weighted by Crippen LogP contribution is 2.36. The third-order valence-corrected chi connectivity index (χ3v) is 8.00. The van der Waals surface area contributed by atoms with Crippen LogP contribution in [0.2, 0.25) is 5.02 Å². The van der Waals surface area contributed by atoms with Gasteiger partial charge in [-0.2, -0.15) is 0 Å². The molecule has 0 aliphatic carbocycles. The van der Waals surface area contributed by atoms with Gasteiger partial charge in [0, 0.05) is 11.6 Å². The molecule has 5 rings (SSSR count). The molecule has 4 aromatic rings. The van der Waals surface area contributed by atoms with Crippen LogP contribution in [-0.4, -0.2) is 41.9 Å². The van der Waals surface area contributed by atoms with E-state index in [9.17, 15) is 19.5 Å². The van der Waals surface area contributed by atoms with Crippen molar-refractivity contribution < 1.29 is 33.3 Å². The summed E-state index contributed by atoms with van der Waals surface area (Å²) in [6.07, 6.45) is 1.60. The lowest BCUT2D eigenvalue weighted by atomic mass is 9.95. The number of thiazole rings is 1. The second kappa shape index (κ2) is 12.3. The first-order chi connectivity index (χ1) is 20.7. The van der Waals surface area contributed by atoms with Crippen LogP contribution in [0.15, 0.2) is 74.0 Å². The molecule has 222 valence electrons. The maximum atomic E-state index is 13.9. The summed E-state index contributed by atoms with van der Waals surface area (Å²) in [6, 6.07) is 12.3. The van der Waals surface area contributed by atoms with Gasteiger partial charge >= 0.3 is 11.9 Å². The Hall–Kier alpha value is -4.61. The van der Waals surface area contributed by atoms with E-state index in [-0.39, 0.29) is 28.3 Å². The zero-order chi connectivity index (χ0) is 30.8. The van der Waals surface area contributed by atoms with Crippen molar-refractivity contribution in [3.8, 4) is 22.8 Å². The van der Waals surface area contributed by atoms with E-state index < -0.39 is 18.0 Å². The summed E-state index contributed by atoms with van der Waals surface area (Å²) in [5.74, 6) is 0.124. The summed E-state index contributed by atoms with van der Waals surface area (Å²) in [6.45, 7) is 5.82. The van der Waals surface area contributed by atoms with Gasteiger partial charge in [-0.05, 0) is 62.7 Å². The average Bonchev–Trinajstić information content (AvgIpc) is 3.56. The molecule has 1 aliphatic heterocycles. The number of ether oxygens (including phenoxy) is 3. The summed E-state index contributed by atoms with van der Waals surface area (Å²) in [4.78, 5) is 43.4. The van der Waals surface area contributed by atoms with E-state index in [4.69, 9.17) is 30.2 Å². The smallest absolute Gasteiger partial charge is 0.338 e. The predicted octanol–water partition coefficient (Wildman–Crippen LogP) is 4.82. The number of aromatic carboxylic acids is 1. The summed E-state index contributed by atoms with van der Waals surface area (Å²) in [5.41, 5.74) is 1.49. The number of carboxylic acid groups (broad SMARTS) is 1. The van der Waals surface area contributed by atoms with Gasteiger partial charge in [-0.15, -0.1) is 0 Å². The molecule has 12 heteroatoms. The third kappa shape index (κ3) is 5.73.